The van der Waals surface area contributed by atoms with E-state index in [0.29, 0.717) is 0 Å². The van der Waals surface area contributed by atoms with Gasteiger partial charge in [0.2, 0.25) is 0 Å². The van der Waals surface area contributed by atoms with E-state index < -0.39 is 8.32 Å². The summed E-state index contributed by atoms with van der Waals surface area (Å²) in [5.74, 6) is 0.0732. The maximum atomic E-state index is 11.8. The maximum absolute atomic E-state index is 11.8. The molecule has 1 aliphatic carbocycles. The summed E-state index contributed by atoms with van der Waals surface area (Å²) in [4.78, 5) is 11.8. The minimum Gasteiger partial charge on any atom is -0.410 e. The molecule has 2 nitrogen and oxygen atoms in total. The molecule has 0 spiro atoms. The van der Waals surface area contributed by atoms with E-state index in [2.05, 4.69) is 40.4 Å². The van der Waals surface area contributed by atoms with Crippen LogP contribution in [0.5, 0.6) is 0 Å². The summed E-state index contributed by atoms with van der Waals surface area (Å²) in [5, 5.41) is 0. The van der Waals surface area contributed by atoms with Crippen molar-refractivity contribution in [1.29, 1.82) is 0 Å². The van der Waals surface area contributed by atoms with Gasteiger partial charge in [-0.3, -0.25) is 4.79 Å². The molecule has 3 heteroatoms. The number of hydrogen-bond acceptors (Lipinski definition) is 2. The minimum atomic E-state index is -1.60. The Bertz CT molecular complexity index is 397. The molecule has 1 rings (SSSR count). The molecule has 1 aliphatic rings. The van der Waals surface area contributed by atoms with E-state index in [4.69, 9.17) is 4.43 Å². The zero-order valence-corrected chi connectivity index (χ0v) is 14.3. The molecule has 0 aromatic carbocycles. The van der Waals surface area contributed by atoms with Crippen LogP contribution >= 0.6 is 0 Å². The van der Waals surface area contributed by atoms with Crippen molar-refractivity contribution in [3.8, 4) is 0 Å². The second kappa shape index (κ2) is 6.19. The Balaban J connectivity index is 2.67. The first-order chi connectivity index (χ1) is 8.62. The molecule has 0 saturated heterocycles. The number of carbonyl (C=O) groups is 1. The summed E-state index contributed by atoms with van der Waals surface area (Å²) in [6.45, 7) is 13.2. The highest BCUT2D eigenvalue weighted by atomic mass is 28.4. The molecule has 0 unspecified atom stereocenters. The predicted octanol–water partition coefficient (Wildman–Crippen LogP) is 4.49. The van der Waals surface area contributed by atoms with Gasteiger partial charge < -0.3 is 4.43 Å². The van der Waals surface area contributed by atoms with Crippen LogP contribution in [0.15, 0.2) is 23.3 Å². The second-order valence-corrected chi connectivity index (χ2v) is 11.6. The highest BCUT2D eigenvalue weighted by Crippen LogP contribution is 2.40. The van der Waals surface area contributed by atoms with Crippen LogP contribution in [-0.2, 0) is 9.22 Å². The lowest BCUT2D eigenvalue weighted by molar-refractivity contribution is -0.116. The zero-order chi connectivity index (χ0) is 14.7. The summed E-state index contributed by atoms with van der Waals surface area (Å²) >= 11 is 0. The van der Waals surface area contributed by atoms with Gasteiger partial charge in [-0.05, 0) is 62.9 Å². The quantitative estimate of drug-likeness (QED) is 0.548. The summed E-state index contributed by atoms with van der Waals surface area (Å²) < 4.78 is 5.63. The number of carbonyl (C=O) groups excluding carboxylic acids is 1. The predicted molar refractivity (Wildman–Crippen MR) is 83.8 cm³/mol. The van der Waals surface area contributed by atoms with Crippen LogP contribution in [0.3, 0.4) is 0 Å². The first-order valence-electron chi connectivity index (χ1n) is 7.17. The Kier molecular flexibility index (Phi) is 5.33. The third kappa shape index (κ3) is 5.45. The van der Waals surface area contributed by atoms with Crippen LogP contribution in [0.1, 0.15) is 40.0 Å². The van der Waals surface area contributed by atoms with Crippen LogP contribution in [-0.4, -0.2) is 20.7 Å². The lowest BCUT2D eigenvalue weighted by Crippen LogP contribution is -2.28. The van der Waals surface area contributed by atoms with Crippen molar-refractivity contribution in [3.05, 3.63) is 23.3 Å². The molecule has 108 valence electrons. The van der Waals surface area contributed by atoms with Crippen LogP contribution in [0.25, 0.3) is 0 Å². The highest BCUT2D eigenvalue weighted by Gasteiger charge is 2.26. The molecule has 0 atom stereocenters. The molecule has 0 bridgehead atoms. The Hall–Kier alpha value is -0.673. The Morgan fingerprint density at radius 1 is 1.37 bits per heavy atom. The lowest BCUT2D eigenvalue weighted by atomic mass is 9.72. The van der Waals surface area contributed by atoms with Crippen molar-refractivity contribution < 1.29 is 9.22 Å². The van der Waals surface area contributed by atoms with Gasteiger partial charge in [-0.25, -0.2) is 0 Å². The Morgan fingerprint density at radius 2 is 2.00 bits per heavy atom. The fourth-order valence-electron chi connectivity index (χ4n) is 2.52. The van der Waals surface area contributed by atoms with E-state index in [1.54, 1.807) is 6.08 Å². The van der Waals surface area contributed by atoms with Gasteiger partial charge in [-0.1, -0.05) is 25.5 Å². The average Bonchev–Trinajstić information content (AvgIpc) is 2.23. The monoisotopic (exact) mass is 280 g/mol. The summed E-state index contributed by atoms with van der Waals surface area (Å²) in [5.41, 5.74) is 2.95. The molecule has 0 fully saturated rings. The molecule has 0 amide bonds. The first-order valence-corrected chi connectivity index (χ1v) is 10.6. The van der Waals surface area contributed by atoms with Crippen molar-refractivity contribution in [3.63, 3.8) is 0 Å². The van der Waals surface area contributed by atoms with E-state index in [-0.39, 0.29) is 17.8 Å². The van der Waals surface area contributed by atoms with E-state index >= 15 is 0 Å². The van der Waals surface area contributed by atoms with Crippen LogP contribution in [0.2, 0.25) is 19.6 Å². The molecular weight excluding hydrogens is 252 g/mol. The molecule has 0 N–H and O–H groups in total. The first kappa shape index (κ1) is 16.4. The molecule has 0 aromatic rings. The summed E-state index contributed by atoms with van der Waals surface area (Å²) in [7, 11) is -1.60. The number of ketones is 1. The van der Waals surface area contributed by atoms with Gasteiger partial charge in [-0.15, -0.1) is 0 Å². The van der Waals surface area contributed by atoms with Crippen molar-refractivity contribution in [2.75, 3.05) is 6.61 Å². The van der Waals surface area contributed by atoms with Crippen LogP contribution in [0, 0.1) is 5.41 Å². The SMILES string of the molecule is CC1=C(C=CC(=O)CO[Si](C)(C)C)C(C)(C)CCC1. The van der Waals surface area contributed by atoms with Gasteiger partial charge in [0.15, 0.2) is 14.1 Å². The van der Waals surface area contributed by atoms with Crippen molar-refractivity contribution >= 4 is 14.1 Å². The van der Waals surface area contributed by atoms with Gasteiger partial charge in [0.05, 0.1) is 6.61 Å². The fraction of sp³-hybridized carbons (Fsp3) is 0.688. The minimum absolute atomic E-state index is 0.0732. The van der Waals surface area contributed by atoms with Gasteiger partial charge in [0, 0.05) is 0 Å². The largest absolute Gasteiger partial charge is 0.410 e. The van der Waals surface area contributed by atoms with E-state index in [1.165, 1.54) is 24.0 Å². The third-order valence-corrected chi connectivity index (χ3v) is 4.64. The molecule has 0 heterocycles. The normalized spacial score (nSPS) is 20.1. The molecule has 0 aliphatic heterocycles. The van der Waals surface area contributed by atoms with Gasteiger partial charge in [0.25, 0.3) is 0 Å². The number of rotatable bonds is 5. The summed E-state index contributed by atoms with van der Waals surface area (Å²) in [6.07, 6.45) is 7.33. The number of allylic oxidation sites excluding steroid dienone is 3. The highest BCUT2D eigenvalue weighted by molar-refractivity contribution is 6.69. The maximum Gasteiger partial charge on any atom is 0.184 e. The molecule has 0 aromatic heterocycles. The smallest absolute Gasteiger partial charge is 0.184 e. The number of hydrogen-bond donors (Lipinski definition) is 0. The van der Waals surface area contributed by atoms with E-state index in [1.807, 2.05) is 6.08 Å². The third-order valence-electron chi connectivity index (χ3n) is 3.63. The summed E-state index contributed by atoms with van der Waals surface area (Å²) in [6, 6.07) is 0. The molecule has 0 radical (unpaired) electrons. The van der Waals surface area contributed by atoms with Crippen molar-refractivity contribution in [2.24, 2.45) is 5.41 Å². The van der Waals surface area contributed by atoms with Crippen LogP contribution in [0.4, 0.5) is 0 Å². The van der Waals surface area contributed by atoms with Crippen LogP contribution < -0.4 is 0 Å². The standard InChI is InChI=1S/C16H28O2Si/c1-13-8-7-11-16(2,3)15(13)10-9-14(17)12-18-19(4,5)6/h9-10H,7-8,11-12H2,1-6H3. The van der Waals surface area contributed by atoms with Crippen molar-refractivity contribution in [1.82, 2.24) is 0 Å². The fourth-order valence-corrected chi connectivity index (χ4v) is 3.10. The zero-order valence-electron chi connectivity index (χ0n) is 13.3. The lowest BCUT2D eigenvalue weighted by Gasteiger charge is -2.32. The topological polar surface area (TPSA) is 26.3 Å². The van der Waals surface area contributed by atoms with E-state index in [0.717, 1.165) is 6.42 Å². The van der Waals surface area contributed by atoms with E-state index in [9.17, 15) is 4.79 Å². The molecule has 19 heavy (non-hydrogen) atoms. The average molecular weight is 280 g/mol. The second-order valence-electron chi connectivity index (χ2n) is 7.13. The van der Waals surface area contributed by atoms with Gasteiger partial charge in [-0.2, -0.15) is 0 Å². The Morgan fingerprint density at radius 3 is 2.53 bits per heavy atom. The van der Waals surface area contributed by atoms with Gasteiger partial charge in [0.1, 0.15) is 0 Å². The Labute approximate surface area is 119 Å². The molecular formula is C16H28O2Si. The van der Waals surface area contributed by atoms with Gasteiger partial charge >= 0.3 is 0 Å². The van der Waals surface area contributed by atoms with Crippen molar-refractivity contribution in [2.45, 2.75) is 59.7 Å². The molecule has 0 saturated carbocycles.